The third-order valence-corrected chi connectivity index (χ3v) is 8.40. The van der Waals surface area contributed by atoms with E-state index in [-0.39, 0.29) is 31.1 Å². The predicted octanol–water partition coefficient (Wildman–Crippen LogP) is 1.02. The molecule has 2 aliphatic heterocycles. The van der Waals surface area contributed by atoms with Gasteiger partial charge in [-0.2, -0.15) is 0 Å². The van der Waals surface area contributed by atoms with Crippen LogP contribution in [0.1, 0.15) is 50.7 Å². The van der Waals surface area contributed by atoms with Crippen LogP contribution in [-0.2, 0) is 24.5 Å². The Morgan fingerprint density at radius 2 is 2.03 bits per heavy atom. The molecule has 1 fully saturated rings. The molecule has 11 nitrogen and oxygen atoms in total. The smallest absolute Gasteiger partial charge is 0.326 e. The Bertz CT molecular complexity index is 1170. The number of hydrogen-bond donors (Lipinski definition) is 4. The summed E-state index contributed by atoms with van der Waals surface area (Å²) in [6.07, 6.45) is -0.256. The minimum atomic E-state index is -1.38. The Hall–Kier alpha value is -3.15. The maximum absolute atomic E-state index is 12.9. The van der Waals surface area contributed by atoms with E-state index < -0.39 is 47.1 Å². The van der Waals surface area contributed by atoms with E-state index >= 15 is 0 Å². The molecule has 0 unspecified atom stereocenters. The lowest BCUT2D eigenvalue weighted by molar-refractivity contribution is -0.162. The average molecular weight is 533 g/mol. The summed E-state index contributed by atoms with van der Waals surface area (Å²) >= 11 is 0. The number of aliphatic carboxylic acids is 1. The number of piperidine rings is 1. The molecule has 1 amide bonds. The Morgan fingerprint density at radius 1 is 1.32 bits per heavy atom. The number of nitrogens with zero attached hydrogens (tertiary/aromatic N) is 1. The van der Waals surface area contributed by atoms with Crippen molar-refractivity contribution in [1.82, 2.24) is 10.2 Å². The summed E-state index contributed by atoms with van der Waals surface area (Å²) < 4.78 is 17.8. The second kappa shape index (κ2) is 10.2. The fraction of sp³-hybridized carbons (Fsp3) is 0.593. The molecule has 1 spiro atoms. The number of carbonyl (C=O) groups excluding carboxylic acids is 2. The maximum atomic E-state index is 12.9. The van der Waals surface area contributed by atoms with E-state index in [0.29, 0.717) is 24.5 Å². The van der Waals surface area contributed by atoms with Gasteiger partial charge in [0.05, 0.1) is 18.1 Å². The number of carboxylic acid groups (broad SMARTS) is 1. The minimum absolute atomic E-state index is 0.221. The minimum Gasteiger partial charge on any atom is -0.493 e. The lowest BCUT2D eigenvalue weighted by Gasteiger charge is -2.58. The molecule has 0 aromatic heterocycles. The number of methoxy groups -OCH3 is 1. The Labute approximate surface area is 221 Å². The fourth-order valence-corrected chi connectivity index (χ4v) is 6.15. The van der Waals surface area contributed by atoms with Crippen molar-refractivity contribution in [2.45, 2.75) is 81.8 Å². The van der Waals surface area contributed by atoms with Crippen molar-refractivity contribution in [3.63, 3.8) is 0 Å². The monoisotopic (exact) mass is 532 g/mol. The van der Waals surface area contributed by atoms with Gasteiger partial charge in [-0.1, -0.05) is 6.07 Å². The van der Waals surface area contributed by atoms with Crippen LogP contribution < -0.4 is 14.8 Å². The van der Waals surface area contributed by atoms with Crippen molar-refractivity contribution in [2.75, 3.05) is 20.7 Å². The summed E-state index contributed by atoms with van der Waals surface area (Å²) in [4.78, 5) is 38.3. The number of aryl methyl sites for hydroxylation is 1. The van der Waals surface area contributed by atoms with Gasteiger partial charge in [0.1, 0.15) is 17.9 Å². The van der Waals surface area contributed by atoms with Crippen LogP contribution in [0.5, 0.6) is 11.5 Å². The van der Waals surface area contributed by atoms with Gasteiger partial charge < -0.3 is 39.7 Å². The van der Waals surface area contributed by atoms with Crippen LogP contribution in [0.2, 0.25) is 0 Å². The highest BCUT2D eigenvalue weighted by molar-refractivity contribution is 5.86. The number of likely N-dealkylation sites (N-methyl/N-ethyl adjacent to an activating group) is 1. The molecule has 2 heterocycles. The molecule has 3 aliphatic rings. The lowest BCUT2D eigenvalue weighted by Crippen LogP contribution is -2.71. The molecule has 1 aliphatic carbocycles. The second-order valence-electron chi connectivity index (χ2n) is 10.5. The van der Waals surface area contributed by atoms with Gasteiger partial charge in [0.2, 0.25) is 5.91 Å². The molecule has 4 rings (SSSR count). The van der Waals surface area contributed by atoms with E-state index in [1.165, 1.54) is 6.92 Å². The first-order valence-corrected chi connectivity index (χ1v) is 12.8. The zero-order valence-electron chi connectivity index (χ0n) is 22.3. The van der Waals surface area contributed by atoms with Crippen molar-refractivity contribution in [1.29, 1.82) is 0 Å². The highest BCUT2D eigenvalue weighted by atomic mass is 16.6. The summed E-state index contributed by atoms with van der Waals surface area (Å²) in [5.41, 5.74) is -0.337. The van der Waals surface area contributed by atoms with Crippen molar-refractivity contribution < 1.29 is 43.9 Å². The van der Waals surface area contributed by atoms with Crippen LogP contribution in [0.3, 0.4) is 0 Å². The van der Waals surface area contributed by atoms with E-state index in [1.54, 1.807) is 13.2 Å². The zero-order chi connectivity index (χ0) is 28.0. The molecule has 38 heavy (non-hydrogen) atoms. The number of carboxylic acids is 1. The van der Waals surface area contributed by atoms with Crippen LogP contribution >= 0.6 is 0 Å². The summed E-state index contributed by atoms with van der Waals surface area (Å²) in [6, 6.07) is 2.15. The van der Waals surface area contributed by atoms with Gasteiger partial charge >= 0.3 is 11.9 Å². The SMILES string of the molecule is COc1ccc(C)c2c1O[C@H]1C(OC(=O)CC[C@H](NC(=O)[C@H](C)O)C(=O)O)=CC[C@@]3(O)[C@@H](C)N(C)CC[C@]213. The Balaban J connectivity index is 1.63. The van der Waals surface area contributed by atoms with Gasteiger partial charge in [0.15, 0.2) is 17.6 Å². The number of hydrogen-bond acceptors (Lipinski definition) is 9. The highest BCUT2D eigenvalue weighted by Crippen LogP contribution is 2.62. The third-order valence-electron chi connectivity index (χ3n) is 8.40. The average Bonchev–Trinajstić information content (AvgIpc) is 3.23. The first kappa shape index (κ1) is 27.9. The number of ether oxygens (including phenoxy) is 3. The summed E-state index contributed by atoms with van der Waals surface area (Å²) in [5.74, 6) is -1.58. The van der Waals surface area contributed by atoms with Gasteiger partial charge in [0, 0.05) is 24.4 Å². The molecule has 208 valence electrons. The number of likely N-dealkylation sites (tertiary alicyclic amines) is 1. The van der Waals surface area contributed by atoms with Gasteiger partial charge in [0.25, 0.3) is 0 Å². The number of amides is 1. The molecule has 4 N–H and O–H groups in total. The van der Waals surface area contributed by atoms with E-state index in [1.807, 2.05) is 33.0 Å². The van der Waals surface area contributed by atoms with Crippen molar-refractivity contribution in [2.24, 2.45) is 0 Å². The topological polar surface area (TPSA) is 155 Å². The van der Waals surface area contributed by atoms with Crippen LogP contribution in [-0.4, -0.2) is 88.7 Å². The van der Waals surface area contributed by atoms with E-state index in [2.05, 4.69) is 10.2 Å². The van der Waals surface area contributed by atoms with Crippen molar-refractivity contribution in [3.8, 4) is 11.5 Å². The number of carbonyl (C=O) groups is 3. The van der Waals surface area contributed by atoms with Crippen LogP contribution in [0, 0.1) is 6.92 Å². The second-order valence-corrected chi connectivity index (χ2v) is 10.5. The van der Waals surface area contributed by atoms with Crippen molar-refractivity contribution in [3.05, 3.63) is 35.1 Å². The first-order valence-electron chi connectivity index (χ1n) is 12.8. The number of aliphatic hydroxyl groups is 2. The van der Waals surface area contributed by atoms with E-state index in [9.17, 15) is 29.7 Å². The number of aliphatic hydroxyl groups excluding tert-OH is 1. The Morgan fingerprint density at radius 3 is 2.66 bits per heavy atom. The standard InChI is InChI=1S/C27H36N2O9/c1-14-6-8-18(36-5)22-21(14)26-12-13-29(4)16(3)27(26,35)11-10-19(23(26)38-22)37-20(31)9-7-17(25(33)34)28-24(32)15(2)30/h6,8,10,15-17,23,30,35H,7,9,11-13H2,1-5H3,(H,28,32)(H,33,34)/t15-,16+,17-,23-,26-,27+/m0/s1. The zero-order valence-corrected chi connectivity index (χ0v) is 22.3. The molecule has 0 radical (unpaired) electrons. The van der Waals surface area contributed by atoms with Gasteiger partial charge in [-0.15, -0.1) is 0 Å². The van der Waals surface area contributed by atoms with Crippen LogP contribution in [0.25, 0.3) is 0 Å². The Kier molecular flexibility index (Phi) is 7.48. The van der Waals surface area contributed by atoms with Gasteiger partial charge in [-0.25, -0.2) is 4.79 Å². The molecular formula is C27H36N2O9. The largest absolute Gasteiger partial charge is 0.493 e. The summed E-state index contributed by atoms with van der Waals surface area (Å²) in [7, 11) is 3.51. The van der Waals surface area contributed by atoms with Crippen LogP contribution in [0.15, 0.2) is 24.0 Å². The number of benzene rings is 1. The van der Waals surface area contributed by atoms with Gasteiger partial charge in [-0.3, -0.25) is 9.59 Å². The molecule has 0 bridgehead atoms. The number of esters is 1. The van der Waals surface area contributed by atoms with E-state index in [4.69, 9.17) is 14.2 Å². The fourth-order valence-electron chi connectivity index (χ4n) is 6.15. The molecule has 1 aromatic rings. The van der Waals surface area contributed by atoms with Gasteiger partial charge in [-0.05, 0) is 64.9 Å². The van der Waals surface area contributed by atoms with E-state index in [0.717, 1.165) is 11.1 Å². The third kappa shape index (κ3) is 4.32. The normalized spacial score (nSPS) is 29.5. The molecule has 1 saturated heterocycles. The molecular weight excluding hydrogens is 496 g/mol. The highest BCUT2D eigenvalue weighted by Gasteiger charge is 2.69. The van der Waals surface area contributed by atoms with Crippen molar-refractivity contribution >= 4 is 17.8 Å². The maximum Gasteiger partial charge on any atom is 0.326 e. The summed E-state index contributed by atoms with van der Waals surface area (Å²) in [6.45, 7) is 5.84. The number of rotatable bonds is 8. The first-order chi connectivity index (χ1) is 17.9. The summed E-state index contributed by atoms with van der Waals surface area (Å²) in [5, 5.41) is 33.3. The lowest BCUT2D eigenvalue weighted by atomic mass is 9.54. The number of fused-ring (bicyclic) bond motifs is 1. The molecule has 6 atom stereocenters. The quantitative estimate of drug-likeness (QED) is 0.357. The molecule has 1 aromatic carbocycles. The molecule has 0 saturated carbocycles. The molecule has 11 heteroatoms. The van der Waals surface area contributed by atoms with Crippen LogP contribution in [0.4, 0.5) is 0 Å². The predicted molar refractivity (Wildman–Crippen MR) is 135 cm³/mol. The number of nitrogens with one attached hydrogen (secondary N) is 1.